The number of aromatic hydroxyl groups is 2. The number of hydrogen-bond acceptors (Lipinski definition) is 6. The SMILES string of the molecule is NC(=O)[C@@H](N)Cc1ccc(O)cc1.N[C@@H](Cc1ccc(O)cc1)C(=O)O. The minimum atomic E-state index is -1.02. The molecule has 1 amide bonds. The Bertz CT molecular complexity index is 653. The summed E-state index contributed by atoms with van der Waals surface area (Å²) in [6.07, 6.45) is 0.672. The van der Waals surface area contributed by atoms with E-state index >= 15 is 0 Å². The van der Waals surface area contributed by atoms with Gasteiger partial charge >= 0.3 is 5.97 Å². The zero-order valence-corrected chi connectivity index (χ0v) is 14.1. The van der Waals surface area contributed by atoms with Gasteiger partial charge in [-0.25, -0.2) is 0 Å². The number of carbonyl (C=O) groups is 2. The number of rotatable bonds is 6. The van der Waals surface area contributed by atoms with E-state index in [1.807, 2.05) is 0 Å². The second kappa shape index (κ2) is 10.0. The molecular weight excluding hydrogens is 338 g/mol. The first-order valence-electron chi connectivity index (χ1n) is 7.78. The molecule has 0 saturated carbocycles. The first kappa shape index (κ1) is 20.9. The molecule has 2 atom stereocenters. The van der Waals surface area contributed by atoms with Crippen molar-refractivity contribution in [3.8, 4) is 11.5 Å². The number of aliphatic carboxylic acids is 1. The number of carboxylic acid groups (broad SMARTS) is 1. The van der Waals surface area contributed by atoms with Gasteiger partial charge < -0.3 is 32.5 Å². The van der Waals surface area contributed by atoms with E-state index in [1.165, 1.54) is 12.1 Å². The van der Waals surface area contributed by atoms with Crippen LogP contribution in [0.4, 0.5) is 0 Å². The summed E-state index contributed by atoms with van der Waals surface area (Å²) < 4.78 is 0. The molecule has 0 heterocycles. The lowest BCUT2D eigenvalue weighted by Gasteiger charge is -2.06. The molecule has 8 nitrogen and oxygen atoms in total. The fourth-order valence-corrected chi connectivity index (χ4v) is 1.96. The average Bonchev–Trinajstić information content (AvgIpc) is 2.59. The summed E-state index contributed by atoms with van der Waals surface area (Å²) in [4.78, 5) is 21.0. The molecule has 9 N–H and O–H groups in total. The van der Waals surface area contributed by atoms with Crippen LogP contribution in [0.2, 0.25) is 0 Å². The second-order valence-electron chi connectivity index (χ2n) is 5.69. The van der Waals surface area contributed by atoms with E-state index in [9.17, 15) is 9.59 Å². The molecule has 0 spiro atoms. The van der Waals surface area contributed by atoms with Crippen LogP contribution in [0.25, 0.3) is 0 Å². The third kappa shape index (κ3) is 7.65. The van der Waals surface area contributed by atoms with Crippen molar-refractivity contribution in [2.75, 3.05) is 0 Å². The number of carbonyl (C=O) groups excluding carboxylic acids is 1. The Morgan fingerprint density at radius 3 is 1.42 bits per heavy atom. The third-order valence-electron chi connectivity index (χ3n) is 3.47. The molecule has 0 saturated heterocycles. The largest absolute Gasteiger partial charge is 0.508 e. The van der Waals surface area contributed by atoms with Crippen molar-refractivity contribution in [3.05, 3.63) is 59.7 Å². The molecule has 2 rings (SSSR count). The minimum absolute atomic E-state index is 0.160. The Morgan fingerprint density at radius 1 is 0.769 bits per heavy atom. The Labute approximate surface area is 150 Å². The Hall–Kier alpha value is -3.10. The maximum absolute atomic E-state index is 10.6. The van der Waals surface area contributed by atoms with E-state index in [2.05, 4.69) is 0 Å². The van der Waals surface area contributed by atoms with Crippen LogP contribution in [0.15, 0.2) is 48.5 Å². The van der Waals surface area contributed by atoms with E-state index in [1.54, 1.807) is 36.4 Å². The fraction of sp³-hybridized carbons (Fsp3) is 0.222. The number of phenols is 2. The lowest BCUT2D eigenvalue weighted by atomic mass is 10.1. The van der Waals surface area contributed by atoms with Gasteiger partial charge in [0, 0.05) is 0 Å². The van der Waals surface area contributed by atoms with Crippen molar-refractivity contribution >= 4 is 11.9 Å². The number of amides is 1. The smallest absolute Gasteiger partial charge is 0.320 e. The summed E-state index contributed by atoms with van der Waals surface area (Å²) >= 11 is 0. The standard InChI is InChI=1S/C9H12N2O2.C9H11NO3/c10-8(9(11)13)5-6-1-3-7(12)4-2-6;10-8(9(12)13)5-6-1-3-7(11)4-2-6/h1-4,8,12H,5,10H2,(H2,11,13);1-4,8,11H,5,10H2,(H,12,13)/t2*8-/m00/s1. The van der Waals surface area contributed by atoms with Gasteiger partial charge in [0.05, 0.1) is 6.04 Å². The van der Waals surface area contributed by atoms with Crippen LogP contribution >= 0.6 is 0 Å². The molecular formula is C18H23N3O5. The molecule has 0 aliphatic rings. The molecule has 0 radical (unpaired) electrons. The lowest BCUT2D eigenvalue weighted by molar-refractivity contribution is -0.138. The predicted octanol–water partition coefficient (Wildman–Crippen LogP) is 0.0939. The number of nitrogens with two attached hydrogens (primary N) is 3. The number of phenolic OH excluding ortho intramolecular Hbond substituents is 2. The topological polar surface area (TPSA) is 173 Å². The monoisotopic (exact) mass is 361 g/mol. The summed E-state index contributed by atoms with van der Waals surface area (Å²) in [5.41, 5.74) is 17.5. The molecule has 0 aromatic heterocycles. The molecule has 26 heavy (non-hydrogen) atoms. The van der Waals surface area contributed by atoms with Crippen LogP contribution in [-0.2, 0) is 22.4 Å². The molecule has 140 valence electrons. The maximum Gasteiger partial charge on any atom is 0.320 e. The normalized spacial score (nSPS) is 12.4. The van der Waals surface area contributed by atoms with E-state index in [4.69, 9.17) is 32.5 Å². The molecule has 0 aliphatic heterocycles. The number of primary amides is 1. The fourth-order valence-electron chi connectivity index (χ4n) is 1.96. The van der Waals surface area contributed by atoms with Gasteiger partial charge in [0.2, 0.25) is 5.91 Å². The summed E-state index contributed by atoms with van der Waals surface area (Å²) in [7, 11) is 0. The molecule has 0 fully saturated rings. The van der Waals surface area contributed by atoms with Gasteiger partial charge in [-0.3, -0.25) is 9.59 Å². The van der Waals surface area contributed by atoms with Crippen molar-refractivity contribution in [2.24, 2.45) is 17.2 Å². The first-order valence-corrected chi connectivity index (χ1v) is 7.78. The summed E-state index contributed by atoms with van der Waals surface area (Å²) in [6.45, 7) is 0. The average molecular weight is 361 g/mol. The second-order valence-corrected chi connectivity index (χ2v) is 5.69. The Morgan fingerprint density at radius 2 is 1.12 bits per heavy atom. The van der Waals surface area contributed by atoms with Crippen LogP contribution in [0, 0.1) is 0 Å². The van der Waals surface area contributed by atoms with Crippen molar-refractivity contribution in [2.45, 2.75) is 24.9 Å². The van der Waals surface area contributed by atoms with Crippen molar-refractivity contribution in [1.29, 1.82) is 0 Å². The number of benzene rings is 2. The molecule has 0 bridgehead atoms. The van der Waals surface area contributed by atoms with Crippen LogP contribution in [0.3, 0.4) is 0 Å². The quantitative estimate of drug-likeness (QED) is 0.423. The van der Waals surface area contributed by atoms with Crippen molar-refractivity contribution in [1.82, 2.24) is 0 Å². The zero-order valence-electron chi connectivity index (χ0n) is 14.1. The van der Waals surface area contributed by atoms with E-state index in [0.29, 0.717) is 6.42 Å². The number of carboxylic acids is 1. The third-order valence-corrected chi connectivity index (χ3v) is 3.47. The first-order chi connectivity index (χ1) is 12.2. The van der Waals surface area contributed by atoms with Crippen molar-refractivity contribution in [3.63, 3.8) is 0 Å². The van der Waals surface area contributed by atoms with Crippen molar-refractivity contribution < 1.29 is 24.9 Å². The van der Waals surface area contributed by atoms with E-state index in [-0.39, 0.29) is 17.9 Å². The highest BCUT2D eigenvalue weighted by atomic mass is 16.4. The summed E-state index contributed by atoms with van der Waals surface area (Å²) in [6, 6.07) is 11.3. The summed E-state index contributed by atoms with van der Waals surface area (Å²) in [5.74, 6) is -1.19. The highest BCUT2D eigenvalue weighted by molar-refractivity contribution is 5.79. The van der Waals surface area contributed by atoms with Crippen LogP contribution in [-0.4, -0.2) is 39.3 Å². The Kier molecular flexibility index (Phi) is 8.07. The predicted molar refractivity (Wildman–Crippen MR) is 96.4 cm³/mol. The van der Waals surface area contributed by atoms with E-state index < -0.39 is 24.0 Å². The highest BCUT2D eigenvalue weighted by Gasteiger charge is 2.11. The van der Waals surface area contributed by atoms with Gasteiger partial charge in [-0.2, -0.15) is 0 Å². The van der Waals surface area contributed by atoms with E-state index in [0.717, 1.165) is 11.1 Å². The number of hydrogen-bond donors (Lipinski definition) is 6. The van der Waals surface area contributed by atoms with Gasteiger partial charge in [-0.05, 0) is 48.2 Å². The van der Waals surface area contributed by atoms with Gasteiger partial charge in [-0.15, -0.1) is 0 Å². The molecule has 2 aromatic rings. The highest BCUT2D eigenvalue weighted by Crippen LogP contribution is 2.11. The van der Waals surface area contributed by atoms with Gasteiger partial charge in [0.15, 0.2) is 0 Å². The van der Waals surface area contributed by atoms with Gasteiger partial charge in [0.25, 0.3) is 0 Å². The summed E-state index contributed by atoms with van der Waals surface area (Å²) in [5, 5.41) is 26.5. The molecule has 2 aromatic carbocycles. The van der Waals surface area contributed by atoms with Crippen LogP contribution in [0.5, 0.6) is 11.5 Å². The van der Waals surface area contributed by atoms with Gasteiger partial charge in [0.1, 0.15) is 17.5 Å². The molecule has 8 heteroatoms. The van der Waals surface area contributed by atoms with Crippen LogP contribution in [0.1, 0.15) is 11.1 Å². The Balaban J connectivity index is 0.000000260. The maximum atomic E-state index is 10.6. The lowest BCUT2D eigenvalue weighted by Crippen LogP contribution is -2.38. The van der Waals surface area contributed by atoms with Gasteiger partial charge in [-0.1, -0.05) is 24.3 Å². The molecule has 0 aliphatic carbocycles. The zero-order chi connectivity index (χ0) is 19.7. The van der Waals surface area contributed by atoms with Crippen LogP contribution < -0.4 is 17.2 Å². The molecule has 0 unspecified atom stereocenters. The minimum Gasteiger partial charge on any atom is -0.508 e.